The lowest BCUT2D eigenvalue weighted by atomic mass is 9.89. The van der Waals surface area contributed by atoms with Gasteiger partial charge in [-0.3, -0.25) is 4.79 Å². The number of benzene rings is 2. The van der Waals surface area contributed by atoms with Crippen molar-refractivity contribution in [1.29, 1.82) is 0 Å². The molecule has 0 fully saturated rings. The molecule has 0 radical (unpaired) electrons. The van der Waals surface area contributed by atoms with Gasteiger partial charge < -0.3 is 20.1 Å². The number of fused-ring (bicyclic) bond motifs is 1. The average Bonchev–Trinajstić information content (AvgIpc) is 2.62. The van der Waals surface area contributed by atoms with Crippen LogP contribution in [0.1, 0.15) is 43.5 Å². The number of ether oxygens (including phenoxy) is 2. The molecule has 26 heavy (non-hydrogen) atoms. The van der Waals surface area contributed by atoms with Crippen molar-refractivity contribution in [2.24, 2.45) is 0 Å². The van der Waals surface area contributed by atoms with Crippen molar-refractivity contribution >= 4 is 11.6 Å². The molecule has 3 N–H and O–H groups in total. The molecule has 5 nitrogen and oxygen atoms in total. The maximum Gasteiger partial charge on any atom is 0.221 e. The molecule has 2 aromatic carbocycles. The first-order valence-corrected chi connectivity index (χ1v) is 9.25. The van der Waals surface area contributed by atoms with E-state index in [0.29, 0.717) is 13.2 Å². The van der Waals surface area contributed by atoms with Crippen LogP contribution in [-0.4, -0.2) is 25.7 Å². The minimum atomic E-state index is -0.0582. The second-order valence-electron chi connectivity index (χ2n) is 6.42. The zero-order chi connectivity index (χ0) is 18.5. The highest BCUT2D eigenvalue weighted by Gasteiger charge is 2.27. The number of nitrogens with two attached hydrogens (primary N) is 1. The van der Waals surface area contributed by atoms with Gasteiger partial charge in [0.2, 0.25) is 5.91 Å². The maximum absolute atomic E-state index is 11.2. The highest BCUT2D eigenvalue weighted by Crippen LogP contribution is 2.36. The van der Waals surface area contributed by atoms with Crippen LogP contribution in [0, 0.1) is 0 Å². The van der Waals surface area contributed by atoms with E-state index in [0.717, 1.165) is 30.2 Å². The lowest BCUT2D eigenvalue weighted by Gasteiger charge is -2.26. The van der Waals surface area contributed by atoms with E-state index in [1.54, 1.807) is 0 Å². The number of hydrogen-bond acceptors (Lipinski definition) is 3. The van der Waals surface area contributed by atoms with E-state index >= 15 is 0 Å². The number of carbonyl (C=O) groups is 1. The zero-order valence-electron chi connectivity index (χ0n) is 15.7. The molecule has 0 saturated carbocycles. The average molecular weight is 355 g/mol. The molecule has 1 aliphatic heterocycles. The molecule has 1 aliphatic rings. The Morgan fingerprint density at radius 2 is 1.77 bits per heavy atom. The summed E-state index contributed by atoms with van der Waals surface area (Å²) in [5.41, 5.74) is 4.62. The molecule has 5 heteroatoms. The van der Waals surface area contributed by atoms with E-state index in [4.69, 9.17) is 9.47 Å². The summed E-state index contributed by atoms with van der Waals surface area (Å²) in [6, 6.07) is 12.6. The number of quaternary nitrogens is 1. The molecule has 0 spiro atoms. The van der Waals surface area contributed by atoms with Crippen LogP contribution >= 0.6 is 0 Å². The Kier molecular flexibility index (Phi) is 5.78. The molecule has 3 rings (SSSR count). The summed E-state index contributed by atoms with van der Waals surface area (Å²) in [7, 11) is 0. The number of nitrogens with one attached hydrogen (secondary N) is 1. The predicted molar refractivity (Wildman–Crippen MR) is 102 cm³/mol. The molecule has 1 heterocycles. The molecular formula is C21H27N2O3+. The van der Waals surface area contributed by atoms with Crippen molar-refractivity contribution in [1.82, 2.24) is 0 Å². The third kappa shape index (κ3) is 3.99. The summed E-state index contributed by atoms with van der Waals surface area (Å²) < 4.78 is 11.6. The topological polar surface area (TPSA) is 64.2 Å². The minimum Gasteiger partial charge on any atom is -0.490 e. The molecule has 0 unspecified atom stereocenters. The van der Waals surface area contributed by atoms with E-state index < -0.39 is 0 Å². The first-order valence-electron chi connectivity index (χ1n) is 9.25. The van der Waals surface area contributed by atoms with Gasteiger partial charge in [-0.1, -0.05) is 12.1 Å². The van der Waals surface area contributed by atoms with Crippen LogP contribution in [0.15, 0.2) is 36.4 Å². The maximum atomic E-state index is 11.2. The third-order valence-electron chi connectivity index (χ3n) is 4.55. The standard InChI is InChI=1S/C21H26N2O3/c1-4-25-19-12-16-10-11-22-21(18(16)13-20(19)26-5-2)15-6-8-17(9-7-15)23-14(3)24/h6-9,12-13,21-22H,4-5,10-11H2,1-3H3,(H,23,24)/p+1/t21-/m0/s1. The van der Waals surface area contributed by atoms with Gasteiger partial charge in [0, 0.05) is 30.2 Å². The summed E-state index contributed by atoms with van der Waals surface area (Å²) in [6.07, 6.45) is 1.02. The van der Waals surface area contributed by atoms with E-state index in [1.807, 2.05) is 26.0 Å². The molecule has 0 aliphatic carbocycles. The van der Waals surface area contributed by atoms with Crippen LogP contribution in [0.2, 0.25) is 0 Å². The van der Waals surface area contributed by atoms with Crippen molar-refractivity contribution in [3.05, 3.63) is 53.1 Å². The highest BCUT2D eigenvalue weighted by molar-refractivity contribution is 5.88. The van der Waals surface area contributed by atoms with Crippen molar-refractivity contribution < 1.29 is 19.6 Å². The Labute approximate surface area is 154 Å². The Balaban J connectivity index is 1.94. The largest absolute Gasteiger partial charge is 0.490 e. The molecule has 0 aromatic heterocycles. The fourth-order valence-corrected chi connectivity index (χ4v) is 3.49. The van der Waals surface area contributed by atoms with Gasteiger partial charge in [-0.25, -0.2) is 0 Å². The molecule has 2 aromatic rings. The molecule has 1 atom stereocenters. The number of anilines is 1. The SMILES string of the molecule is CCOc1cc2c(cc1OCC)[C@H](c1ccc(NC(C)=O)cc1)[NH2+]CC2. The van der Waals surface area contributed by atoms with E-state index in [2.05, 4.69) is 34.9 Å². The van der Waals surface area contributed by atoms with E-state index in [9.17, 15) is 4.79 Å². The molecule has 1 amide bonds. The predicted octanol–water partition coefficient (Wildman–Crippen LogP) is 2.65. The normalized spacial score (nSPS) is 15.9. The monoisotopic (exact) mass is 355 g/mol. The van der Waals surface area contributed by atoms with Crippen LogP contribution in [0.25, 0.3) is 0 Å². The van der Waals surface area contributed by atoms with Gasteiger partial charge in [-0.05, 0) is 43.7 Å². The smallest absolute Gasteiger partial charge is 0.221 e. The first kappa shape index (κ1) is 18.3. The molecule has 0 bridgehead atoms. The fraction of sp³-hybridized carbons (Fsp3) is 0.381. The Morgan fingerprint density at radius 1 is 1.12 bits per heavy atom. The highest BCUT2D eigenvalue weighted by atomic mass is 16.5. The van der Waals surface area contributed by atoms with Crippen molar-refractivity contribution in [2.45, 2.75) is 33.2 Å². The van der Waals surface area contributed by atoms with Gasteiger partial charge in [0.05, 0.1) is 19.8 Å². The van der Waals surface area contributed by atoms with Gasteiger partial charge in [-0.2, -0.15) is 0 Å². The van der Waals surface area contributed by atoms with Crippen molar-refractivity contribution in [3.8, 4) is 11.5 Å². The second-order valence-corrected chi connectivity index (χ2v) is 6.42. The third-order valence-corrected chi connectivity index (χ3v) is 4.55. The number of hydrogen-bond donors (Lipinski definition) is 2. The summed E-state index contributed by atoms with van der Waals surface area (Å²) in [4.78, 5) is 11.2. The van der Waals surface area contributed by atoms with E-state index in [1.165, 1.54) is 23.6 Å². The molecule has 138 valence electrons. The van der Waals surface area contributed by atoms with Gasteiger partial charge in [0.25, 0.3) is 0 Å². The summed E-state index contributed by atoms with van der Waals surface area (Å²) in [5, 5.41) is 5.17. The number of amides is 1. The minimum absolute atomic E-state index is 0.0582. The van der Waals surface area contributed by atoms with Gasteiger partial charge >= 0.3 is 0 Å². The van der Waals surface area contributed by atoms with Crippen molar-refractivity contribution in [3.63, 3.8) is 0 Å². The fourth-order valence-electron chi connectivity index (χ4n) is 3.49. The molecule has 0 saturated heterocycles. The van der Waals surface area contributed by atoms with Gasteiger partial charge in [-0.15, -0.1) is 0 Å². The Bertz CT molecular complexity index is 772. The zero-order valence-corrected chi connectivity index (χ0v) is 15.7. The van der Waals surface area contributed by atoms with E-state index in [-0.39, 0.29) is 11.9 Å². The Hall–Kier alpha value is -2.53. The lowest BCUT2D eigenvalue weighted by molar-refractivity contribution is -0.690. The lowest BCUT2D eigenvalue weighted by Crippen LogP contribution is -2.87. The van der Waals surface area contributed by atoms with Crippen LogP contribution < -0.4 is 20.1 Å². The number of rotatable bonds is 6. The van der Waals surface area contributed by atoms with Crippen LogP contribution in [0.4, 0.5) is 5.69 Å². The summed E-state index contributed by atoms with van der Waals surface area (Å²) >= 11 is 0. The van der Waals surface area contributed by atoms with Gasteiger partial charge in [0.15, 0.2) is 11.5 Å². The van der Waals surface area contributed by atoms with Crippen LogP contribution in [0.5, 0.6) is 11.5 Å². The number of carbonyl (C=O) groups excluding carboxylic acids is 1. The summed E-state index contributed by atoms with van der Waals surface area (Å²) in [5.74, 6) is 1.58. The van der Waals surface area contributed by atoms with Gasteiger partial charge in [0.1, 0.15) is 6.04 Å². The van der Waals surface area contributed by atoms with Crippen LogP contribution in [0.3, 0.4) is 0 Å². The van der Waals surface area contributed by atoms with Crippen molar-refractivity contribution in [2.75, 3.05) is 25.1 Å². The summed E-state index contributed by atoms with van der Waals surface area (Å²) in [6.45, 7) is 7.76. The second kappa shape index (κ2) is 8.23. The Morgan fingerprint density at radius 3 is 2.38 bits per heavy atom. The first-order chi connectivity index (χ1) is 12.6. The quantitative estimate of drug-likeness (QED) is 0.837. The molecular weight excluding hydrogens is 328 g/mol. The van der Waals surface area contributed by atoms with Crippen LogP contribution in [-0.2, 0) is 11.2 Å².